The highest BCUT2D eigenvalue weighted by atomic mass is 19.1. The maximum absolute atomic E-state index is 13.4. The molecule has 19 heavy (non-hydrogen) atoms. The van der Waals surface area contributed by atoms with Gasteiger partial charge in [-0.2, -0.15) is 5.26 Å². The van der Waals surface area contributed by atoms with E-state index >= 15 is 0 Å². The fraction of sp³-hybridized carbons (Fsp3) is 0.133. The van der Waals surface area contributed by atoms with Gasteiger partial charge in [0.1, 0.15) is 17.6 Å². The molecule has 0 unspecified atom stereocenters. The zero-order chi connectivity index (χ0) is 13.5. The van der Waals surface area contributed by atoms with E-state index in [2.05, 4.69) is 5.32 Å². The number of para-hydroxylation sites is 1. The molecule has 4 heteroatoms. The zero-order valence-corrected chi connectivity index (χ0v) is 10.3. The largest absolute Gasteiger partial charge is 0.479 e. The molecular weight excluding hydrogens is 243 g/mol. The van der Waals surface area contributed by atoms with Crippen LogP contribution in [0.25, 0.3) is 0 Å². The van der Waals surface area contributed by atoms with E-state index in [1.54, 1.807) is 30.3 Å². The topological polar surface area (TPSA) is 45.0 Å². The van der Waals surface area contributed by atoms with Crippen molar-refractivity contribution in [2.75, 3.05) is 11.9 Å². The van der Waals surface area contributed by atoms with Crippen molar-refractivity contribution in [1.29, 1.82) is 5.26 Å². The van der Waals surface area contributed by atoms with E-state index in [0.29, 0.717) is 18.0 Å². The minimum atomic E-state index is -0.267. The van der Waals surface area contributed by atoms with Crippen molar-refractivity contribution in [2.45, 2.75) is 6.54 Å². The molecule has 0 atom stereocenters. The quantitative estimate of drug-likeness (QED) is 0.892. The number of hydrogen-bond acceptors (Lipinski definition) is 3. The Balaban J connectivity index is 1.93. The van der Waals surface area contributed by atoms with Crippen molar-refractivity contribution < 1.29 is 9.13 Å². The molecule has 0 saturated carbocycles. The van der Waals surface area contributed by atoms with Gasteiger partial charge in [-0.3, -0.25) is 0 Å². The van der Waals surface area contributed by atoms with Crippen LogP contribution in [-0.4, -0.2) is 6.61 Å². The van der Waals surface area contributed by atoms with Gasteiger partial charge in [-0.1, -0.05) is 24.3 Å². The summed E-state index contributed by atoms with van der Waals surface area (Å²) in [7, 11) is 0. The fourth-order valence-corrected chi connectivity index (χ4v) is 1.62. The minimum absolute atomic E-state index is 0.0345. The number of anilines is 1. The van der Waals surface area contributed by atoms with Crippen LogP contribution in [0.5, 0.6) is 5.75 Å². The van der Waals surface area contributed by atoms with E-state index < -0.39 is 0 Å². The van der Waals surface area contributed by atoms with Crippen molar-refractivity contribution in [2.24, 2.45) is 0 Å². The van der Waals surface area contributed by atoms with E-state index in [-0.39, 0.29) is 12.4 Å². The Bertz CT molecular complexity index is 575. The summed E-state index contributed by atoms with van der Waals surface area (Å²) in [5, 5.41) is 11.4. The van der Waals surface area contributed by atoms with Crippen LogP contribution < -0.4 is 10.1 Å². The zero-order valence-electron chi connectivity index (χ0n) is 10.3. The number of rotatable bonds is 5. The van der Waals surface area contributed by atoms with E-state index in [4.69, 9.17) is 10.00 Å². The van der Waals surface area contributed by atoms with Crippen molar-refractivity contribution in [3.8, 4) is 11.8 Å². The van der Waals surface area contributed by atoms with Gasteiger partial charge >= 0.3 is 0 Å². The first-order valence-electron chi connectivity index (χ1n) is 5.86. The summed E-state index contributed by atoms with van der Waals surface area (Å²) in [4.78, 5) is 0. The Morgan fingerprint density at radius 3 is 2.53 bits per heavy atom. The van der Waals surface area contributed by atoms with E-state index in [1.807, 2.05) is 18.2 Å². The lowest BCUT2D eigenvalue weighted by atomic mass is 10.2. The van der Waals surface area contributed by atoms with Gasteiger partial charge in [0.2, 0.25) is 0 Å². The van der Waals surface area contributed by atoms with Crippen LogP contribution in [0.4, 0.5) is 10.1 Å². The van der Waals surface area contributed by atoms with Gasteiger partial charge in [0.05, 0.1) is 5.69 Å². The first-order valence-corrected chi connectivity index (χ1v) is 5.86. The van der Waals surface area contributed by atoms with E-state index in [0.717, 1.165) is 5.56 Å². The molecule has 0 aromatic heterocycles. The molecular formula is C15H13FN2O. The summed E-state index contributed by atoms with van der Waals surface area (Å²) in [5.74, 6) is 0.382. The molecule has 2 aromatic rings. The van der Waals surface area contributed by atoms with Crippen LogP contribution in [-0.2, 0) is 6.54 Å². The SMILES string of the molecule is N#CCOc1ccc(CNc2ccccc2F)cc1. The lowest BCUT2D eigenvalue weighted by molar-refractivity contribution is 0.368. The molecule has 2 rings (SSSR count). The Hall–Kier alpha value is -2.54. The van der Waals surface area contributed by atoms with Gasteiger partial charge in [0.25, 0.3) is 0 Å². The predicted octanol–water partition coefficient (Wildman–Crippen LogP) is 3.34. The van der Waals surface area contributed by atoms with E-state index in [9.17, 15) is 4.39 Å². The minimum Gasteiger partial charge on any atom is -0.479 e. The number of benzene rings is 2. The summed E-state index contributed by atoms with van der Waals surface area (Å²) in [5.41, 5.74) is 1.49. The number of nitrogens with zero attached hydrogens (tertiary/aromatic N) is 1. The summed E-state index contributed by atoms with van der Waals surface area (Å²) in [6.45, 7) is 0.562. The summed E-state index contributed by atoms with van der Waals surface area (Å²) in [6, 6.07) is 15.8. The van der Waals surface area contributed by atoms with Crippen LogP contribution in [0.15, 0.2) is 48.5 Å². The van der Waals surface area contributed by atoms with Crippen LogP contribution in [0.3, 0.4) is 0 Å². The summed E-state index contributed by atoms with van der Waals surface area (Å²) < 4.78 is 18.5. The molecule has 0 aliphatic heterocycles. The predicted molar refractivity (Wildman–Crippen MR) is 71.3 cm³/mol. The molecule has 2 aromatic carbocycles. The number of nitrogens with one attached hydrogen (secondary N) is 1. The molecule has 0 bridgehead atoms. The van der Waals surface area contributed by atoms with Gasteiger partial charge in [-0.05, 0) is 29.8 Å². The highest BCUT2D eigenvalue weighted by Crippen LogP contribution is 2.16. The summed E-state index contributed by atoms with van der Waals surface area (Å²) in [6.07, 6.45) is 0. The maximum Gasteiger partial charge on any atom is 0.174 e. The van der Waals surface area contributed by atoms with Crippen molar-refractivity contribution >= 4 is 5.69 Å². The second kappa shape index (κ2) is 6.41. The highest BCUT2D eigenvalue weighted by Gasteiger charge is 2.00. The Kier molecular flexibility index (Phi) is 4.35. The van der Waals surface area contributed by atoms with Gasteiger partial charge in [-0.25, -0.2) is 4.39 Å². The standard InChI is InChI=1S/C15H13FN2O/c16-14-3-1-2-4-15(14)18-11-12-5-7-13(8-6-12)19-10-9-17/h1-8,18H,10-11H2. The van der Waals surface area contributed by atoms with Crippen molar-refractivity contribution in [1.82, 2.24) is 0 Å². The first-order chi connectivity index (χ1) is 9.29. The van der Waals surface area contributed by atoms with E-state index in [1.165, 1.54) is 6.07 Å². The number of halogens is 1. The van der Waals surface area contributed by atoms with Gasteiger partial charge in [-0.15, -0.1) is 0 Å². The highest BCUT2D eigenvalue weighted by molar-refractivity contribution is 5.45. The summed E-state index contributed by atoms with van der Waals surface area (Å²) >= 11 is 0. The number of nitriles is 1. The fourth-order valence-electron chi connectivity index (χ4n) is 1.62. The average Bonchev–Trinajstić information content (AvgIpc) is 2.45. The molecule has 0 aliphatic rings. The third-order valence-corrected chi connectivity index (χ3v) is 2.58. The monoisotopic (exact) mass is 256 g/mol. The number of hydrogen-bond donors (Lipinski definition) is 1. The molecule has 0 amide bonds. The Labute approximate surface area is 111 Å². The maximum atomic E-state index is 13.4. The normalized spacial score (nSPS) is 9.68. The van der Waals surface area contributed by atoms with Crippen LogP contribution in [0, 0.1) is 17.1 Å². The first kappa shape index (κ1) is 12.9. The second-order valence-electron chi connectivity index (χ2n) is 3.92. The second-order valence-corrected chi connectivity index (χ2v) is 3.92. The molecule has 0 fully saturated rings. The van der Waals surface area contributed by atoms with Crippen molar-refractivity contribution in [3.05, 3.63) is 59.9 Å². The molecule has 3 nitrogen and oxygen atoms in total. The van der Waals surface area contributed by atoms with Crippen molar-refractivity contribution in [3.63, 3.8) is 0 Å². The van der Waals surface area contributed by atoms with Crippen LogP contribution in [0.1, 0.15) is 5.56 Å². The molecule has 96 valence electrons. The third kappa shape index (κ3) is 3.71. The molecule has 0 heterocycles. The van der Waals surface area contributed by atoms with Crippen LogP contribution >= 0.6 is 0 Å². The van der Waals surface area contributed by atoms with Gasteiger partial charge in [0.15, 0.2) is 6.61 Å². The molecule has 0 saturated heterocycles. The Morgan fingerprint density at radius 2 is 1.84 bits per heavy atom. The molecule has 1 N–H and O–H groups in total. The molecule has 0 radical (unpaired) electrons. The lowest BCUT2D eigenvalue weighted by Crippen LogP contribution is -2.01. The third-order valence-electron chi connectivity index (χ3n) is 2.58. The smallest absolute Gasteiger partial charge is 0.174 e. The molecule has 0 aliphatic carbocycles. The number of ether oxygens (including phenoxy) is 1. The van der Waals surface area contributed by atoms with Crippen LogP contribution in [0.2, 0.25) is 0 Å². The lowest BCUT2D eigenvalue weighted by Gasteiger charge is -2.08. The Morgan fingerprint density at radius 1 is 1.11 bits per heavy atom. The average molecular weight is 256 g/mol. The molecule has 0 spiro atoms. The van der Waals surface area contributed by atoms with Gasteiger partial charge < -0.3 is 10.1 Å². The van der Waals surface area contributed by atoms with Gasteiger partial charge in [0, 0.05) is 6.54 Å².